The summed E-state index contributed by atoms with van der Waals surface area (Å²) >= 11 is 5.98. The number of hydrogen-bond acceptors (Lipinski definition) is 5. The van der Waals surface area contributed by atoms with Crippen LogP contribution >= 0.6 is 11.6 Å². The number of aliphatic hydroxyl groups is 2. The average Bonchev–Trinajstić information content (AvgIpc) is 2.44. The molecule has 0 spiro atoms. The van der Waals surface area contributed by atoms with Crippen LogP contribution in [-0.2, 0) is 4.74 Å². The van der Waals surface area contributed by atoms with E-state index in [0.29, 0.717) is 17.4 Å². The van der Waals surface area contributed by atoms with E-state index in [9.17, 15) is 19.8 Å². The molecule has 0 saturated heterocycles. The fourth-order valence-electron chi connectivity index (χ4n) is 1.86. The number of hydrogen-bond donors (Lipinski definition) is 3. The predicted octanol–water partition coefficient (Wildman–Crippen LogP) is 2.46. The Kier molecular flexibility index (Phi) is 7.00. The lowest BCUT2D eigenvalue weighted by Crippen LogP contribution is -2.34. The van der Waals surface area contributed by atoms with E-state index in [0.717, 1.165) is 0 Å². The Morgan fingerprint density at radius 1 is 1.39 bits per heavy atom. The molecule has 6 nitrogen and oxygen atoms in total. The van der Waals surface area contributed by atoms with Gasteiger partial charge in [-0.15, -0.1) is 0 Å². The molecule has 0 aliphatic rings. The van der Waals surface area contributed by atoms with E-state index >= 15 is 0 Å². The van der Waals surface area contributed by atoms with Crippen molar-refractivity contribution in [2.45, 2.75) is 45.0 Å². The number of aliphatic hydroxyl groups excluding tert-OH is 2. The van der Waals surface area contributed by atoms with Crippen LogP contribution in [0.2, 0.25) is 5.02 Å². The number of benzene rings is 1. The Bertz CT molecular complexity index is 556. The molecular weight excluding hydrogens is 322 g/mol. The van der Waals surface area contributed by atoms with Crippen LogP contribution in [0.15, 0.2) is 18.2 Å². The highest BCUT2D eigenvalue weighted by Crippen LogP contribution is 2.27. The van der Waals surface area contributed by atoms with E-state index in [4.69, 9.17) is 16.3 Å². The lowest BCUT2D eigenvalue weighted by atomic mass is 10.0. The van der Waals surface area contributed by atoms with Crippen molar-refractivity contribution in [2.75, 3.05) is 6.54 Å². The zero-order chi connectivity index (χ0) is 17.6. The van der Waals surface area contributed by atoms with Crippen LogP contribution in [0.3, 0.4) is 0 Å². The number of amides is 1. The van der Waals surface area contributed by atoms with Gasteiger partial charge in [-0.3, -0.25) is 4.79 Å². The van der Waals surface area contributed by atoms with E-state index in [1.54, 1.807) is 20.8 Å². The number of nitrogens with one attached hydrogen (secondary N) is 1. The second-order valence-electron chi connectivity index (χ2n) is 6.13. The monoisotopic (exact) mass is 343 g/mol. The number of alkyl carbamates (subject to hydrolysis) is 1. The fourth-order valence-corrected chi connectivity index (χ4v) is 2.16. The van der Waals surface area contributed by atoms with Gasteiger partial charge in [-0.25, -0.2) is 4.79 Å². The standard InChI is InChI=1S/C16H22ClNO5/c1-16(2,3)23-15(22)18-7-6-13(20)14(21)11-5-4-10(9-19)8-12(11)17/h4-5,8-9,13-14,20-21H,6-7H2,1-3H3,(H,18,22). The predicted molar refractivity (Wildman–Crippen MR) is 86.7 cm³/mol. The third kappa shape index (κ3) is 6.56. The highest BCUT2D eigenvalue weighted by atomic mass is 35.5. The van der Waals surface area contributed by atoms with Crippen molar-refractivity contribution in [1.29, 1.82) is 0 Å². The minimum Gasteiger partial charge on any atom is -0.444 e. The molecule has 1 aromatic rings. The minimum atomic E-state index is -1.22. The van der Waals surface area contributed by atoms with Gasteiger partial charge in [0, 0.05) is 22.7 Å². The summed E-state index contributed by atoms with van der Waals surface area (Å²) in [5, 5.41) is 22.8. The lowest BCUT2D eigenvalue weighted by molar-refractivity contribution is 0.0123. The van der Waals surface area contributed by atoms with E-state index in [1.165, 1.54) is 18.2 Å². The molecule has 0 aliphatic carbocycles. The Morgan fingerprint density at radius 3 is 2.57 bits per heavy atom. The molecule has 0 heterocycles. The third-order valence-corrected chi connectivity index (χ3v) is 3.28. The molecule has 23 heavy (non-hydrogen) atoms. The van der Waals surface area contributed by atoms with Gasteiger partial charge in [0.1, 0.15) is 18.0 Å². The van der Waals surface area contributed by atoms with Crippen molar-refractivity contribution >= 4 is 24.0 Å². The normalized spacial score (nSPS) is 14.0. The van der Waals surface area contributed by atoms with Gasteiger partial charge < -0.3 is 20.3 Å². The van der Waals surface area contributed by atoms with Gasteiger partial charge in [0.05, 0.1) is 6.10 Å². The zero-order valence-electron chi connectivity index (χ0n) is 13.4. The van der Waals surface area contributed by atoms with Crippen LogP contribution in [0.5, 0.6) is 0 Å². The number of carbonyl (C=O) groups excluding carboxylic acids is 2. The van der Waals surface area contributed by atoms with Gasteiger partial charge in [0.2, 0.25) is 0 Å². The molecular formula is C16H22ClNO5. The first-order chi connectivity index (χ1) is 10.6. The van der Waals surface area contributed by atoms with Crippen molar-refractivity contribution in [3.8, 4) is 0 Å². The molecule has 1 rings (SSSR count). The smallest absolute Gasteiger partial charge is 0.407 e. The lowest BCUT2D eigenvalue weighted by Gasteiger charge is -2.21. The molecule has 0 aromatic heterocycles. The summed E-state index contributed by atoms with van der Waals surface area (Å²) in [6, 6.07) is 4.41. The first-order valence-electron chi connectivity index (χ1n) is 7.21. The summed E-state index contributed by atoms with van der Waals surface area (Å²) in [7, 11) is 0. The third-order valence-electron chi connectivity index (χ3n) is 2.95. The molecule has 0 radical (unpaired) electrons. The van der Waals surface area contributed by atoms with Gasteiger partial charge in [0.15, 0.2) is 0 Å². The minimum absolute atomic E-state index is 0.117. The van der Waals surface area contributed by atoms with Gasteiger partial charge in [-0.05, 0) is 33.3 Å². The Hall–Kier alpha value is -1.63. The summed E-state index contributed by atoms with van der Waals surface area (Å²) in [6.45, 7) is 5.37. The highest BCUT2D eigenvalue weighted by Gasteiger charge is 2.22. The van der Waals surface area contributed by atoms with Crippen LogP contribution in [0.1, 0.15) is 49.2 Å². The van der Waals surface area contributed by atoms with E-state index in [-0.39, 0.29) is 18.0 Å². The SMILES string of the molecule is CC(C)(C)OC(=O)NCCC(O)C(O)c1ccc(C=O)cc1Cl. The maximum Gasteiger partial charge on any atom is 0.407 e. The number of halogens is 1. The molecule has 2 unspecified atom stereocenters. The molecule has 0 bridgehead atoms. The first-order valence-corrected chi connectivity index (χ1v) is 7.59. The summed E-state index contributed by atoms with van der Waals surface area (Å²) < 4.78 is 5.06. The van der Waals surface area contributed by atoms with Gasteiger partial charge in [-0.1, -0.05) is 23.7 Å². The number of rotatable bonds is 6. The van der Waals surface area contributed by atoms with Crippen molar-refractivity contribution in [3.63, 3.8) is 0 Å². The Morgan fingerprint density at radius 2 is 2.04 bits per heavy atom. The van der Waals surface area contributed by atoms with Gasteiger partial charge >= 0.3 is 6.09 Å². The first kappa shape index (κ1) is 19.4. The zero-order valence-corrected chi connectivity index (χ0v) is 14.1. The highest BCUT2D eigenvalue weighted by molar-refractivity contribution is 6.31. The largest absolute Gasteiger partial charge is 0.444 e. The van der Waals surface area contributed by atoms with Crippen molar-refractivity contribution < 1.29 is 24.5 Å². The Labute approximate surface area is 140 Å². The average molecular weight is 344 g/mol. The quantitative estimate of drug-likeness (QED) is 0.689. The molecule has 2 atom stereocenters. The van der Waals surface area contributed by atoms with Crippen LogP contribution in [0, 0.1) is 0 Å². The van der Waals surface area contributed by atoms with E-state index in [1.807, 2.05) is 0 Å². The second kappa shape index (κ2) is 8.29. The van der Waals surface area contributed by atoms with Crippen LogP contribution in [0.4, 0.5) is 4.79 Å². The van der Waals surface area contributed by atoms with Crippen molar-refractivity contribution in [1.82, 2.24) is 5.32 Å². The van der Waals surface area contributed by atoms with Crippen molar-refractivity contribution in [2.24, 2.45) is 0 Å². The molecule has 1 aromatic carbocycles. The second-order valence-corrected chi connectivity index (χ2v) is 6.54. The number of aldehydes is 1. The van der Waals surface area contributed by atoms with Gasteiger partial charge in [0.25, 0.3) is 0 Å². The summed E-state index contributed by atoms with van der Waals surface area (Å²) in [5.41, 5.74) is 0.102. The van der Waals surface area contributed by atoms with Crippen LogP contribution in [-0.4, -0.2) is 40.8 Å². The number of ether oxygens (including phenoxy) is 1. The summed E-state index contributed by atoms with van der Waals surface area (Å²) in [4.78, 5) is 22.1. The molecule has 0 fully saturated rings. The van der Waals surface area contributed by atoms with E-state index < -0.39 is 23.9 Å². The van der Waals surface area contributed by atoms with E-state index in [2.05, 4.69) is 5.32 Å². The fraction of sp³-hybridized carbons (Fsp3) is 0.500. The maximum atomic E-state index is 11.5. The van der Waals surface area contributed by atoms with Crippen LogP contribution in [0.25, 0.3) is 0 Å². The molecule has 3 N–H and O–H groups in total. The molecule has 0 saturated carbocycles. The molecule has 1 amide bonds. The van der Waals surface area contributed by atoms with Gasteiger partial charge in [-0.2, -0.15) is 0 Å². The summed E-state index contributed by atoms with van der Waals surface area (Å²) in [6.07, 6.45) is -2.17. The molecule has 128 valence electrons. The van der Waals surface area contributed by atoms with Crippen LogP contribution < -0.4 is 5.32 Å². The molecule has 0 aliphatic heterocycles. The maximum absolute atomic E-state index is 11.5. The van der Waals surface area contributed by atoms with Crippen molar-refractivity contribution in [3.05, 3.63) is 34.3 Å². The number of carbonyl (C=O) groups is 2. The molecule has 7 heteroatoms. The summed E-state index contributed by atoms with van der Waals surface area (Å²) in [5.74, 6) is 0. The topological polar surface area (TPSA) is 95.9 Å². The Balaban J connectivity index is 2.53.